The highest BCUT2D eigenvalue weighted by Gasteiger charge is 2.44. The summed E-state index contributed by atoms with van der Waals surface area (Å²) in [6.07, 6.45) is 4.93. The van der Waals surface area contributed by atoms with Crippen molar-refractivity contribution >= 4 is 6.29 Å². The van der Waals surface area contributed by atoms with Gasteiger partial charge in [0.15, 0.2) is 0 Å². The van der Waals surface area contributed by atoms with Crippen LogP contribution in [0, 0.1) is 40.4 Å². The standard InChI is InChI=1S/C19H38O.C5H10O/c1-13(2)12-20-17-10-14(3)15(18(4,5)6)11-16(17)19(7,8)9;1-3-5(2)4-6/h13-17H,10-12H2,1-9H3;4-5H,3H2,1-2H3. The van der Waals surface area contributed by atoms with Gasteiger partial charge < -0.3 is 9.53 Å². The zero-order valence-corrected chi connectivity index (χ0v) is 19.7. The minimum absolute atomic E-state index is 0.255. The van der Waals surface area contributed by atoms with Crippen LogP contribution in [0.3, 0.4) is 0 Å². The third kappa shape index (κ3) is 9.02. The Morgan fingerprint density at radius 3 is 1.77 bits per heavy atom. The van der Waals surface area contributed by atoms with Crippen LogP contribution in [0.25, 0.3) is 0 Å². The quantitative estimate of drug-likeness (QED) is 0.488. The summed E-state index contributed by atoms with van der Waals surface area (Å²) in [4.78, 5) is 9.74. The monoisotopic (exact) mass is 368 g/mol. The van der Waals surface area contributed by atoms with Crippen molar-refractivity contribution in [2.45, 2.75) is 102 Å². The van der Waals surface area contributed by atoms with Crippen LogP contribution in [0.5, 0.6) is 0 Å². The summed E-state index contributed by atoms with van der Waals surface area (Å²) in [7, 11) is 0. The Kier molecular flexibility index (Phi) is 10.7. The van der Waals surface area contributed by atoms with Gasteiger partial charge in [-0.05, 0) is 53.8 Å². The van der Waals surface area contributed by atoms with Crippen molar-refractivity contribution in [1.82, 2.24) is 0 Å². The molecule has 1 saturated carbocycles. The van der Waals surface area contributed by atoms with Crippen LogP contribution in [-0.2, 0) is 9.53 Å². The molecule has 0 aromatic carbocycles. The second-order valence-electron chi connectivity index (χ2n) is 11.2. The highest BCUT2D eigenvalue weighted by molar-refractivity contribution is 5.52. The molecule has 1 rings (SSSR count). The van der Waals surface area contributed by atoms with Crippen molar-refractivity contribution in [3.05, 3.63) is 0 Å². The van der Waals surface area contributed by atoms with Crippen LogP contribution < -0.4 is 0 Å². The zero-order valence-electron chi connectivity index (χ0n) is 19.7. The summed E-state index contributed by atoms with van der Waals surface area (Å²) >= 11 is 0. The normalized spacial score (nSPS) is 28.3. The van der Waals surface area contributed by atoms with E-state index in [9.17, 15) is 4.79 Å². The molecule has 26 heavy (non-hydrogen) atoms. The second kappa shape index (κ2) is 10.8. The molecule has 5 atom stereocenters. The van der Waals surface area contributed by atoms with Gasteiger partial charge in [-0.3, -0.25) is 0 Å². The Bertz CT molecular complexity index is 386. The van der Waals surface area contributed by atoms with Crippen LogP contribution in [0.15, 0.2) is 0 Å². The lowest BCUT2D eigenvalue weighted by molar-refractivity contribution is -0.110. The maximum Gasteiger partial charge on any atom is 0.122 e. The third-order valence-corrected chi connectivity index (χ3v) is 5.99. The fraction of sp³-hybridized carbons (Fsp3) is 0.958. The smallest absolute Gasteiger partial charge is 0.122 e. The zero-order chi connectivity index (χ0) is 20.7. The summed E-state index contributed by atoms with van der Waals surface area (Å²) in [5.74, 6) is 3.15. The van der Waals surface area contributed by atoms with E-state index in [0.717, 1.165) is 31.1 Å². The van der Waals surface area contributed by atoms with E-state index in [4.69, 9.17) is 4.74 Å². The second-order valence-corrected chi connectivity index (χ2v) is 11.2. The fourth-order valence-electron chi connectivity index (χ4n) is 4.07. The van der Waals surface area contributed by atoms with Gasteiger partial charge in [-0.25, -0.2) is 0 Å². The summed E-state index contributed by atoms with van der Waals surface area (Å²) < 4.78 is 6.31. The number of carbonyl (C=O) groups is 1. The van der Waals surface area contributed by atoms with Crippen LogP contribution in [0.2, 0.25) is 0 Å². The summed E-state index contributed by atoms with van der Waals surface area (Å²) in [6, 6.07) is 0. The molecule has 0 amide bonds. The molecule has 1 aliphatic carbocycles. The Hall–Kier alpha value is -0.370. The van der Waals surface area contributed by atoms with E-state index in [1.54, 1.807) is 0 Å². The number of aldehydes is 1. The lowest BCUT2D eigenvalue weighted by Gasteiger charge is -2.49. The molecule has 0 spiro atoms. The van der Waals surface area contributed by atoms with Gasteiger partial charge in [-0.15, -0.1) is 0 Å². The van der Waals surface area contributed by atoms with E-state index < -0.39 is 0 Å². The van der Waals surface area contributed by atoms with Crippen molar-refractivity contribution in [1.29, 1.82) is 0 Å². The van der Waals surface area contributed by atoms with Crippen LogP contribution in [0.1, 0.15) is 95.4 Å². The van der Waals surface area contributed by atoms with Gasteiger partial charge >= 0.3 is 0 Å². The SMILES string of the molecule is CC(C)COC1CC(C)C(C(C)(C)C)CC1C(C)(C)C.CCC(C)C=O. The molecule has 0 aliphatic heterocycles. The highest BCUT2D eigenvalue weighted by Crippen LogP contribution is 2.49. The number of hydrogen-bond donors (Lipinski definition) is 0. The minimum atomic E-state index is 0.255. The Morgan fingerprint density at radius 1 is 0.962 bits per heavy atom. The number of rotatable bonds is 5. The van der Waals surface area contributed by atoms with E-state index in [0.29, 0.717) is 28.8 Å². The predicted molar refractivity (Wildman–Crippen MR) is 114 cm³/mol. The van der Waals surface area contributed by atoms with Crippen molar-refractivity contribution in [3.63, 3.8) is 0 Å². The molecular formula is C24H48O2. The van der Waals surface area contributed by atoms with E-state index in [-0.39, 0.29) is 5.92 Å². The van der Waals surface area contributed by atoms with E-state index >= 15 is 0 Å². The Labute approximate surface area is 164 Å². The summed E-state index contributed by atoms with van der Waals surface area (Å²) in [5.41, 5.74) is 0.747. The average molecular weight is 369 g/mol. The molecule has 0 radical (unpaired) electrons. The summed E-state index contributed by atoms with van der Waals surface area (Å²) in [5, 5.41) is 0. The predicted octanol–water partition coefficient (Wildman–Crippen LogP) is 7.01. The molecule has 0 heterocycles. The summed E-state index contributed by atoms with van der Waals surface area (Å²) in [6.45, 7) is 26.1. The topological polar surface area (TPSA) is 26.3 Å². The number of hydrogen-bond acceptors (Lipinski definition) is 2. The van der Waals surface area contributed by atoms with Crippen LogP contribution in [0.4, 0.5) is 0 Å². The Morgan fingerprint density at radius 2 is 1.46 bits per heavy atom. The molecule has 5 unspecified atom stereocenters. The van der Waals surface area contributed by atoms with Gasteiger partial charge in [0.2, 0.25) is 0 Å². The first kappa shape index (κ1) is 25.6. The maximum absolute atomic E-state index is 9.74. The molecule has 0 aromatic heterocycles. The Balaban J connectivity index is 0.000000896. The van der Waals surface area contributed by atoms with Crippen molar-refractivity contribution in [2.24, 2.45) is 40.4 Å². The van der Waals surface area contributed by atoms with Gasteiger partial charge in [0.25, 0.3) is 0 Å². The number of ether oxygens (including phenoxy) is 1. The van der Waals surface area contributed by atoms with Gasteiger partial charge in [-0.2, -0.15) is 0 Å². The first-order chi connectivity index (χ1) is 11.7. The molecule has 1 fully saturated rings. The largest absolute Gasteiger partial charge is 0.378 e. The van der Waals surface area contributed by atoms with Gasteiger partial charge in [0.05, 0.1) is 6.10 Å². The van der Waals surface area contributed by atoms with Crippen LogP contribution >= 0.6 is 0 Å². The fourth-order valence-corrected chi connectivity index (χ4v) is 4.07. The molecule has 0 bridgehead atoms. The molecule has 1 aliphatic rings. The van der Waals surface area contributed by atoms with Crippen molar-refractivity contribution in [3.8, 4) is 0 Å². The molecule has 156 valence electrons. The van der Waals surface area contributed by atoms with Gasteiger partial charge in [-0.1, -0.05) is 76.2 Å². The highest BCUT2D eigenvalue weighted by atomic mass is 16.5. The van der Waals surface area contributed by atoms with E-state index in [2.05, 4.69) is 62.3 Å². The van der Waals surface area contributed by atoms with Gasteiger partial charge in [0.1, 0.15) is 6.29 Å². The average Bonchev–Trinajstić information content (AvgIpc) is 2.50. The minimum Gasteiger partial charge on any atom is -0.378 e. The van der Waals surface area contributed by atoms with Crippen molar-refractivity contribution in [2.75, 3.05) is 6.61 Å². The van der Waals surface area contributed by atoms with Crippen LogP contribution in [-0.4, -0.2) is 19.0 Å². The first-order valence-corrected chi connectivity index (χ1v) is 10.8. The maximum atomic E-state index is 9.74. The lowest BCUT2D eigenvalue weighted by Crippen LogP contribution is -2.46. The molecule has 2 heteroatoms. The molecule has 0 N–H and O–H groups in total. The molecule has 0 aromatic rings. The van der Waals surface area contributed by atoms with E-state index in [1.807, 2.05) is 13.8 Å². The van der Waals surface area contributed by atoms with Gasteiger partial charge in [0, 0.05) is 12.5 Å². The third-order valence-electron chi connectivity index (χ3n) is 5.99. The van der Waals surface area contributed by atoms with Crippen molar-refractivity contribution < 1.29 is 9.53 Å². The number of carbonyl (C=O) groups excluding carboxylic acids is 1. The molecule has 0 saturated heterocycles. The first-order valence-electron chi connectivity index (χ1n) is 10.8. The molecular weight excluding hydrogens is 320 g/mol. The lowest BCUT2D eigenvalue weighted by atomic mass is 9.58. The molecule has 2 nitrogen and oxygen atoms in total. The van der Waals surface area contributed by atoms with E-state index in [1.165, 1.54) is 12.8 Å².